The SMILES string of the molecule is CCC(C)Cn1ccnc1NCCCOC. The van der Waals surface area contributed by atoms with Crippen molar-refractivity contribution in [3.05, 3.63) is 12.4 Å². The van der Waals surface area contributed by atoms with Gasteiger partial charge in [0, 0.05) is 39.2 Å². The molecule has 4 nitrogen and oxygen atoms in total. The molecule has 0 aliphatic rings. The van der Waals surface area contributed by atoms with Crippen molar-refractivity contribution in [2.24, 2.45) is 5.92 Å². The van der Waals surface area contributed by atoms with Crippen molar-refractivity contribution in [3.8, 4) is 0 Å². The van der Waals surface area contributed by atoms with Gasteiger partial charge < -0.3 is 14.6 Å². The van der Waals surface area contributed by atoms with E-state index in [9.17, 15) is 0 Å². The Bertz CT molecular complexity index is 286. The zero-order valence-electron chi connectivity index (χ0n) is 10.6. The molecular weight excluding hydrogens is 202 g/mol. The number of aromatic nitrogens is 2. The monoisotopic (exact) mass is 225 g/mol. The third-order valence-corrected chi connectivity index (χ3v) is 2.73. The predicted octanol–water partition coefficient (Wildman–Crippen LogP) is 2.38. The first-order valence-electron chi connectivity index (χ1n) is 6.01. The maximum atomic E-state index is 5.01. The highest BCUT2D eigenvalue weighted by atomic mass is 16.5. The van der Waals surface area contributed by atoms with E-state index in [4.69, 9.17) is 4.74 Å². The maximum Gasteiger partial charge on any atom is 0.202 e. The van der Waals surface area contributed by atoms with Crippen LogP contribution in [-0.4, -0.2) is 29.8 Å². The molecule has 1 N–H and O–H groups in total. The molecule has 1 aromatic heterocycles. The van der Waals surface area contributed by atoms with E-state index in [0.717, 1.165) is 32.1 Å². The fourth-order valence-corrected chi connectivity index (χ4v) is 1.51. The molecule has 4 heteroatoms. The molecule has 1 unspecified atom stereocenters. The molecule has 92 valence electrons. The van der Waals surface area contributed by atoms with Crippen LogP contribution in [0.4, 0.5) is 5.95 Å². The van der Waals surface area contributed by atoms with Crippen LogP contribution in [0, 0.1) is 5.92 Å². The zero-order chi connectivity index (χ0) is 11.8. The molecule has 0 radical (unpaired) electrons. The second-order valence-corrected chi connectivity index (χ2v) is 4.19. The number of hydrogen-bond acceptors (Lipinski definition) is 3. The average Bonchev–Trinajstić information content (AvgIpc) is 2.72. The Morgan fingerprint density at radius 1 is 1.56 bits per heavy atom. The summed E-state index contributed by atoms with van der Waals surface area (Å²) in [6, 6.07) is 0. The van der Waals surface area contributed by atoms with Gasteiger partial charge in [0.25, 0.3) is 0 Å². The van der Waals surface area contributed by atoms with Gasteiger partial charge in [-0.25, -0.2) is 4.98 Å². The largest absolute Gasteiger partial charge is 0.385 e. The highest BCUT2D eigenvalue weighted by molar-refractivity contribution is 5.25. The van der Waals surface area contributed by atoms with E-state index >= 15 is 0 Å². The van der Waals surface area contributed by atoms with Crippen LogP contribution in [0.25, 0.3) is 0 Å². The van der Waals surface area contributed by atoms with Crippen LogP contribution >= 0.6 is 0 Å². The minimum Gasteiger partial charge on any atom is -0.385 e. The molecule has 1 aromatic rings. The molecule has 0 aromatic carbocycles. The third kappa shape index (κ3) is 4.23. The quantitative estimate of drug-likeness (QED) is 0.690. The molecule has 0 fully saturated rings. The number of anilines is 1. The molecule has 16 heavy (non-hydrogen) atoms. The summed E-state index contributed by atoms with van der Waals surface area (Å²) in [6.45, 7) is 7.20. The van der Waals surface area contributed by atoms with Gasteiger partial charge in [-0.1, -0.05) is 20.3 Å². The zero-order valence-corrected chi connectivity index (χ0v) is 10.6. The first-order valence-corrected chi connectivity index (χ1v) is 6.01. The summed E-state index contributed by atoms with van der Waals surface area (Å²) in [6.07, 6.45) is 6.08. The van der Waals surface area contributed by atoms with Crippen LogP contribution in [0.5, 0.6) is 0 Å². The van der Waals surface area contributed by atoms with Crippen LogP contribution in [0.15, 0.2) is 12.4 Å². The summed E-state index contributed by atoms with van der Waals surface area (Å²) in [7, 11) is 1.73. The van der Waals surface area contributed by atoms with Gasteiger partial charge in [0.1, 0.15) is 0 Å². The lowest BCUT2D eigenvalue weighted by Gasteiger charge is -2.13. The number of hydrogen-bond donors (Lipinski definition) is 1. The number of imidazole rings is 1. The number of ether oxygens (including phenoxy) is 1. The fraction of sp³-hybridized carbons (Fsp3) is 0.750. The lowest BCUT2D eigenvalue weighted by Crippen LogP contribution is -2.13. The van der Waals surface area contributed by atoms with Crippen LogP contribution in [-0.2, 0) is 11.3 Å². The summed E-state index contributed by atoms with van der Waals surface area (Å²) < 4.78 is 7.19. The summed E-state index contributed by atoms with van der Waals surface area (Å²) in [5.41, 5.74) is 0. The highest BCUT2D eigenvalue weighted by Crippen LogP contribution is 2.10. The summed E-state index contributed by atoms with van der Waals surface area (Å²) in [5.74, 6) is 1.66. The lowest BCUT2D eigenvalue weighted by molar-refractivity contribution is 0.197. The smallest absolute Gasteiger partial charge is 0.202 e. The Morgan fingerprint density at radius 3 is 3.06 bits per heavy atom. The van der Waals surface area contributed by atoms with Gasteiger partial charge in [0.05, 0.1) is 0 Å². The minimum atomic E-state index is 0.689. The molecule has 0 saturated carbocycles. The van der Waals surface area contributed by atoms with E-state index < -0.39 is 0 Å². The van der Waals surface area contributed by atoms with Crippen molar-refractivity contribution >= 4 is 5.95 Å². The molecule has 1 atom stereocenters. The molecule has 0 spiro atoms. The van der Waals surface area contributed by atoms with Crippen molar-refractivity contribution < 1.29 is 4.74 Å². The van der Waals surface area contributed by atoms with Crippen LogP contribution in [0.3, 0.4) is 0 Å². The van der Waals surface area contributed by atoms with Gasteiger partial charge in [0.15, 0.2) is 0 Å². The van der Waals surface area contributed by atoms with Crippen molar-refractivity contribution in [1.82, 2.24) is 9.55 Å². The van der Waals surface area contributed by atoms with Gasteiger partial charge in [-0.15, -0.1) is 0 Å². The lowest BCUT2D eigenvalue weighted by atomic mass is 10.1. The van der Waals surface area contributed by atoms with Crippen molar-refractivity contribution in [1.29, 1.82) is 0 Å². The standard InChI is InChI=1S/C12H23N3O/c1-4-11(2)10-15-8-7-14-12(15)13-6-5-9-16-3/h7-8,11H,4-6,9-10H2,1-3H3,(H,13,14). The van der Waals surface area contributed by atoms with E-state index in [1.54, 1.807) is 7.11 Å². The molecule has 1 rings (SSSR count). The van der Waals surface area contributed by atoms with Crippen molar-refractivity contribution in [2.45, 2.75) is 33.2 Å². The van der Waals surface area contributed by atoms with E-state index in [1.165, 1.54) is 6.42 Å². The van der Waals surface area contributed by atoms with Crippen molar-refractivity contribution in [2.75, 3.05) is 25.6 Å². The topological polar surface area (TPSA) is 39.1 Å². The minimum absolute atomic E-state index is 0.689. The van der Waals surface area contributed by atoms with Gasteiger partial charge in [-0.05, 0) is 12.3 Å². The predicted molar refractivity (Wildman–Crippen MR) is 66.7 cm³/mol. The van der Waals surface area contributed by atoms with Gasteiger partial charge >= 0.3 is 0 Å². The maximum absolute atomic E-state index is 5.01. The number of nitrogens with one attached hydrogen (secondary N) is 1. The van der Waals surface area contributed by atoms with E-state index in [0.29, 0.717) is 5.92 Å². The Labute approximate surface area is 98.0 Å². The third-order valence-electron chi connectivity index (χ3n) is 2.73. The second kappa shape index (κ2) is 7.28. The first kappa shape index (κ1) is 13.0. The Morgan fingerprint density at radius 2 is 2.38 bits per heavy atom. The van der Waals surface area contributed by atoms with Crippen LogP contribution < -0.4 is 5.32 Å². The number of rotatable bonds is 8. The Kier molecular flexibility index (Phi) is 5.93. The van der Waals surface area contributed by atoms with Crippen LogP contribution in [0.1, 0.15) is 26.7 Å². The summed E-state index contributed by atoms with van der Waals surface area (Å²) >= 11 is 0. The normalized spacial score (nSPS) is 12.7. The Hall–Kier alpha value is -1.03. The molecule has 0 aliphatic carbocycles. The average molecular weight is 225 g/mol. The fourth-order valence-electron chi connectivity index (χ4n) is 1.51. The highest BCUT2D eigenvalue weighted by Gasteiger charge is 2.05. The number of nitrogens with zero attached hydrogens (tertiary/aromatic N) is 2. The molecule has 0 aliphatic heterocycles. The molecule has 1 heterocycles. The van der Waals surface area contributed by atoms with Gasteiger partial charge in [0.2, 0.25) is 5.95 Å². The summed E-state index contributed by atoms with van der Waals surface area (Å²) in [4.78, 5) is 4.31. The molecule has 0 bridgehead atoms. The first-order chi connectivity index (χ1) is 7.77. The Balaban J connectivity index is 2.38. The second-order valence-electron chi connectivity index (χ2n) is 4.19. The van der Waals surface area contributed by atoms with E-state index in [2.05, 4.69) is 28.7 Å². The van der Waals surface area contributed by atoms with E-state index in [-0.39, 0.29) is 0 Å². The van der Waals surface area contributed by atoms with Crippen LogP contribution in [0.2, 0.25) is 0 Å². The van der Waals surface area contributed by atoms with Gasteiger partial charge in [-0.2, -0.15) is 0 Å². The molecule has 0 amide bonds. The van der Waals surface area contributed by atoms with E-state index in [1.807, 2.05) is 12.4 Å². The summed E-state index contributed by atoms with van der Waals surface area (Å²) in [5, 5.41) is 3.33. The van der Waals surface area contributed by atoms with Gasteiger partial charge in [-0.3, -0.25) is 0 Å². The van der Waals surface area contributed by atoms with Crippen molar-refractivity contribution in [3.63, 3.8) is 0 Å². The number of methoxy groups -OCH3 is 1. The molecular formula is C12H23N3O. The molecule has 0 saturated heterocycles.